The van der Waals surface area contributed by atoms with Crippen LogP contribution >= 0.6 is 15.9 Å². The summed E-state index contributed by atoms with van der Waals surface area (Å²) >= 11 is 3.42. The maximum atomic E-state index is 11.5. The van der Waals surface area contributed by atoms with Gasteiger partial charge in [0.05, 0.1) is 12.7 Å². The fourth-order valence-corrected chi connectivity index (χ4v) is 2.22. The molecule has 0 fully saturated rings. The molecule has 0 aliphatic carbocycles. The van der Waals surface area contributed by atoms with Crippen molar-refractivity contribution in [2.45, 2.75) is 20.4 Å². The highest BCUT2D eigenvalue weighted by atomic mass is 79.9. The third-order valence-corrected chi connectivity index (χ3v) is 3.14. The Hall–Kier alpha value is -0.870. The van der Waals surface area contributed by atoms with Crippen LogP contribution in [0.5, 0.6) is 0 Å². The van der Waals surface area contributed by atoms with Crippen LogP contribution < -0.4 is 0 Å². The van der Waals surface area contributed by atoms with Gasteiger partial charge in [-0.2, -0.15) is 0 Å². The van der Waals surface area contributed by atoms with E-state index in [0.717, 1.165) is 29.7 Å². The van der Waals surface area contributed by atoms with Gasteiger partial charge in [-0.05, 0) is 36.9 Å². The first-order chi connectivity index (χ1) is 8.10. The Bertz CT molecular complexity index is 389. The quantitative estimate of drug-likeness (QED) is 0.783. The van der Waals surface area contributed by atoms with Crippen LogP contribution in [-0.2, 0) is 11.3 Å². The van der Waals surface area contributed by atoms with E-state index in [4.69, 9.17) is 4.74 Å². The summed E-state index contributed by atoms with van der Waals surface area (Å²) in [5, 5.41) is 0. The summed E-state index contributed by atoms with van der Waals surface area (Å²) in [6, 6.07) is 5.69. The van der Waals surface area contributed by atoms with Gasteiger partial charge in [0.15, 0.2) is 0 Å². The van der Waals surface area contributed by atoms with Gasteiger partial charge in [-0.25, -0.2) is 4.79 Å². The average molecular weight is 300 g/mol. The number of methoxy groups -OCH3 is 1. The summed E-state index contributed by atoms with van der Waals surface area (Å²) in [6.07, 6.45) is 0. The van der Waals surface area contributed by atoms with Crippen molar-refractivity contribution in [1.29, 1.82) is 0 Å². The Morgan fingerprint density at radius 2 is 1.94 bits per heavy atom. The monoisotopic (exact) mass is 299 g/mol. The highest BCUT2D eigenvalue weighted by Crippen LogP contribution is 2.18. The predicted molar refractivity (Wildman–Crippen MR) is 72.1 cm³/mol. The fraction of sp³-hybridized carbons (Fsp3) is 0.462. The zero-order valence-electron chi connectivity index (χ0n) is 10.5. The SMILES string of the molecule is CCN(CC)Cc1cc(Br)cc(C(=O)OC)c1. The zero-order chi connectivity index (χ0) is 12.8. The second kappa shape index (κ2) is 6.77. The number of benzene rings is 1. The van der Waals surface area contributed by atoms with Crippen molar-refractivity contribution in [3.63, 3.8) is 0 Å². The highest BCUT2D eigenvalue weighted by Gasteiger charge is 2.09. The topological polar surface area (TPSA) is 29.5 Å². The Labute approximate surface area is 111 Å². The third-order valence-electron chi connectivity index (χ3n) is 2.68. The molecule has 0 heterocycles. The number of ether oxygens (including phenoxy) is 1. The molecule has 3 nitrogen and oxygen atoms in total. The van der Waals surface area contributed by atoms with E-state index in [1.54, 1.807) is 6.07 Å². The number of hydrogen-bond acceptors (Lipinski definition) is 3. The standard InChI is InChI=1S/C13H18BrNO2/c1-4-15(5-2)9-10-6-11(13(16)17-3)8-12(14)7-10/h6-8H,4-5,9H2,1-3H3. The maximum absolute atomic E-state index is 11.5. The third kappa shape index (κ3) is 4.13. The van der Waals surface area contributed by atoms with Crippen molar-refractivity contribution in [2.24, 2.45) is 0 Å². The Morgan fingerprint density at radius 1 is 1.29 bits per heavy atom. The zero-order valence-corrected chi connectivity index (χ0v) is 12.1. The van der Waals surface area contributed by atoms with Crippen molar-refractivity contribution in [2.75, 3.05) is 20.2 Å². The number of nitrogens with zero attached hydrogens (tertiary/aromatic N) is 1. The van der Waals surface area contributed by atoms with Crippen LogP contribution in [0.3, 0.4) is 0 Å². The number of carbonyl (C=O) groups excluding carboxylic acids is 1. The molecule has 0 radical (unpaired) electrons. The lowest BCUT2D eigenvalue weighted by molar-refractivity contribution is 0.0600. The first kappa shape index (κ1) is 14.2. The summed E-state index contributed by atoms with van der Waals surface area (Å²) in [6.45, 7) is 7.09. The van der Waals surface area contributed by atoms with Crippen molar-refractivity contribution in [3.05, 3.63) is 33.8 Å². The molecule has 0 saturated heterocycles. The van der Waals surface area contributed by atoms with Gasteiger partial charge in [0.1, 0.15) is 0 Å². The second-order valence-corrected chi connectivity index (χ2v) is 4.72. The number of rotatable bonds is 5. The van der Waals surface area contributed by atoms with Crippen molar-refractivity contribution in [1.82, 2.24) is 4.90 Å². The van der Waals surface area contributed by atoms with Crippen LogP contribution in [0, 0.1) is 0 Å². The van der Waals surface area contributed by atoms with Gasteiger partial charge >= 0.3 is 5.97 Å². The van der Waals surface area contributed by atoms with E-state index in [0.29, 0.717) is 5.56 Å². The first-order valence-electron chi connectivity index (χ1n) is 5.70. The molecule has 0 atom stereocenters. The molecule has 0 aromatic heterocycles. The van der Waals surface area contributed by atoms with Crippen LogP contribution in [0.1, 0.15) is 29.8 Å². The minimum atomic E-state index is -0.299. The number of halogens is 1. The predicted octanol–water partition coefficient (Wildman–Crippen LogP) is 3.08. The molecule has 1 rings (SSSR count). The van der Waals surface area contributed by atoms with Crippen LogP contribution in [0.15, 0.2) is 22.7 Å². The summed E-state index contributed by atoms with van der Waals surface area (Å²) in [5.41, 5.74) is 1.70. The Balaban J connectivity index is 2.93. The van der Waals surface area contributed by atoms with E-state index >= 15 is 0 Å². The summed E-state index contributed by atoms with van der Waals surface area (Å²) < 4.78 is 5.64. The van der Waals surface area contributed by atoms with Gasteiger partial charge in [0, 0.05) is 11.0 Å². The van der Waals surface area contributed by atoms with Crippen LogP contribution in [0.4, 0.5) is 0 Å². The number of hydrogen-bond donors (Lipinski definition) is 0. The maximum Gasteiger partial charge on any atom is 0.337 e. The van der Waals surface area contributed by atoms with Gasteiger partial charge in [-0.1, -0.05) is 29.8 Å². The van der Waals surface area contributed by atoms with Gasteiger partial charge < -0.3 is 4.74 Å². The number of carbonyl (C=O) groups is 1. The molecule has 0 spiro atoms. The van der Waals surface area contributed by atoms with E-state index in [1.807, 2.05) is 12.1 Å². The summed E-state index contributed by atoms with van der Waals surface area (Å²) in [5.74, 6) is -0.299. The molecule has 0 amide bonds. The molecule has 0 saturated carbocycles. The van der Waals surface area contributed by atoms with Gasteiger partial charge in [0.25, 0.3) is 0 Å². The summed E-state index contributed by atoms with van der Waals surface area (Å²) in [7, 11) is 1.40. The van der Waals surface area contributed by atoms with Crippen LogP contribution in [-0.4, -0.2) is 31.1 Å². The largest absolute Gasteiger partial charge is 0.465 e. The normalized spacial score (nSPS) is 10.6. The van der Waals surface area contributed by atoms with E-state index in [9.17, 15) is 4.79 Å². The molecular weight excluding hydrogens is 282 g/mol. The number of esters is 1. The van der Waals surface area contributed by atoms with Crippen LogP contribution in [0.2, 0.25) is 0 Å². The van der Waals surface area contributed by atoms with Gasteiger partial charge in [0.2, 0.25) is 0 Å². The molecular formula is C13H18BrNO2. The van der Waals surface area contributed by atoms with E-state index in [1.165, 1.54) is 7.11 Å². The second-order valence-electron chi connectivity index (χ2n) is 3.80. The average Bonchev–Trinajstić information content (AvgIpc) is 2.34. The lowest BCUT2D eigenvalue weighted by Crippen LogP contribution is -2.22. The Morgan fingerprint density at radius 3 is 2.47 bits per heavy atom. The fourth-order valence-electron chi connectivity index (χ4n) is 1.68. The van der Waals surface area contributed by atoms with Gasteiger partial charge in [-0.3, -0.25) is 4.90 Å². The molecule has 0 aliphatic rings. The van der Waals surface area contributed by atoms with Crippen molar-refractivity contribution in [3.8, 4) is 0 Å². The molecule has 94 valence electrons. The van der Waals surface area contributed by atoms with E-state index in [2.05, 4.69) is 34.7 Å². The van der Waals surface area contributed by atoms with E-state index in [-0.39, 0.29) is 5.97 Å². The first-order valence-corrected chi connectivity index (χ1v) is 6.50. The van der Waals surface area contributed by atoms with Crippen LogP contribution in [0.25, 0.3) is 0 Å². The molecule has 1 aromatic carbocycles. The molecule has 0 bridgehead atoms. The molecule has 0 unspecified atom stereocenters. The molecule has 0 aliphatic heterocycles. The minimum absolute atomic E-state index is 0.299. The Kier molecular flexibility index (Phi) is 5.65. The lowest BCUT2D eigenvalue weighted by Gasteiger charge is -2.18. The van der Waals surface area contributed by atoms with E-state index < -0.39 is 0 Å². The summed E-state index contributed by atoms with van der Waals surface area (Å²) in [4.78, 5) is 13.8. The molecule has 0 N–H and O–H groups in total. The van der Waals surface area contributed by atoms with Crippen molar-refractivity contribution < 1.29 is 9.53 Å². The minimum Gasteiger partial charge on any atom is -0.465 e. The smallest absolute Gasteiger partial charge is 0.337 e. The highest BCUT2D eigenvalue weighted by molar-refractivity contribution is 9.10. The van der Waals surface area contributed by atoms with Crippen molar-refractivity contribution >= 4 is 21.9 Å². The molecule has 4 heteroatoms. The molecule has 17 heavy (non-hydrogen) atoms. The van der Waals surface area contributed by atoms with Gasteiger partial charge in [-0.15, -0.1) is 0 Å². The lowest BCUT2D eigenvalue weighted by atomic mass is 10.1. The molecule has 1 aromatic rings.